The van der Waals surface area contributed by atoms with Crippen LogP contribution >= 0.6 is 0 Å². The van der Waals surface area contributed by atoms with Crippen LogP contribution in [0.5, 0.6) is 11.5 Å². The Labute approximate surface area is 204 Å². The number of anilines is 1. The number of aryl methyl sites for hydroxylation is 1. The number of benzene rings is 2. The van der Waals surface area contributed by atoms with Gasteiger partial charge in [-0.1, -0.05) is 19.9 Å². The lowest BCUT2D eigenvalue weighted by atomic mass is 10.0. The van der Waals surface area contributed by atoms with Gasteiger partial charge in [-0.2, -0.15) is 0 Å². The molecule has 0 spiro atoms. The van der Waals surface area contributed by atoms with Gasteiger partial charge < -0.3 is 15.0 Å². The van der Waals surface area contributed by atoms with Gasteiger partial charge in [0.2, 0.25) is 0 Å². The topological polar surface area (TPSA) is 106 Å². The number of fused-ring (bicyclic) bond motifs is 1. The lowest BCUT2D eigenvalue weighted by Crippen LogP contribution is -2.27. The Hall–Kier alpha value is -3.72. The number of hydrogen-bond donors (Lipinski definition) is 1. The molecule has 1 N–H and O–H groups in total. The third-order valence-electron chi connectivity index (χ3n) is 5.58. The van der Waals surface area contributed by atoms with Crippen molar-refractivity contribution in [2.75, 3.05) is 18.1 Å². The maximum Gasteiger partial charge on any atom is 0.260 e. The second kappa shape index (κ2) is 9.50. The van der Waals surface area contributed by atoms with E-state index in [9.17, 15) is 18.0 Å². The first-order valence-corrected chi connectivity index (χ1v) is 13.1. The van der Waals surface area contributed by atoms with Crippen LogP contribution in [0.25, 0.3) is 0 Å². The van der Waals surface area contributed by atoms with Gasteiger partial charge >= 0.3 is 0 Å². The van der Waals surface area contributed by atoms with Crippen LogP contribution in [0.4, 0.5) is 5.82 Å². The summed E-state index contributed by atoms with van der Waals surface area (Å²) in [6.07, 6.45) is 2.78. The van der Waals surface area contributed by atoms with Crippen LogP contribution in [-0.2, 0) is 16.4 Å². The van der Waals surface area contributed by atoms with Crippen molar-refractivity contribution in [1.82, 2.24) is 9.88 Å². The van der Waals surface area contributed by atoms with Gasteiger partial charge in [-0.15, -0.1) is 0 Å². The molecule has 3 aromatic rings. The zero-order valence-corrected chi connectivity index (χ0v) is 20.8. The molecule has 0 unspecified atom stereocenters. The minimum absolute atomic E-state index is 0.113. The second-order valence-electron chi connectivity index (χ2n) is 9.07. The van der Waals surface area contributed by atoms with Crippen molar-refractivity contribution >= 4 is 27.5 Å². The Morgan fingerprint density at radius 2 is 1.83 bits per heavy atom. The smallest absolute Gasteiger partial charge is 0.260 e. The van der Waals surface area contributed by atoms with Gasteiger partial charge in [-0.05, 0) is 60.9 Å². The number of hydrogen-bond acceptors (Lipinski definition) is 6. The summed E-state index contributed by atoms with van der Waals surface area (Å²) in [5.74, 6) is 0.736. The van der Waals surface area contributed by atoms with Crippen molar-refractivity contribution in [1.29, 1.82) is 0 Å². The molecule has 8 nitrogen and oxygen atoms in total. The fraction of sp³-hybridized carbons (Fsp3) is 0.269. The molecule has 1 aliphatic heterocycles. The van der Waals surface area contributed by atoms with E-state index in [0.29, 0.717) is 35.8 Å². The number of carbonyl (C=O) groups is 2. The summed E-state index contributed by atoms with van der Waals surface area (Å²) in [7, 11) is -3.37. The highest BCUT2D eigenvalue weighted by atomic mass is 32.2. The maximum absolute atomic E-state index is 13.2. The molecule has 0 aliphatic carbocycles. The van der Waals surface area contributed by atoms with Gasteiger partial charge in [0, 0.05) is 30.1 Å². The first-order valence-electron chi connectivity index (χ1n) is 11.2. The second-order valence-corrected chi connectivity index (χ2v) is 11.1. The molecule has 0 saturated carbocycles. The van der Waals surface area contributed by atoms with Gasteiger partial charge in [0.25, 0.3) is 11.8 Å². The lowest BCUT2D eigenvalue weighted by molar-refractivity contribution is 0.0759. The predicted octanol–water partition coefficient (Wildman–Crippen LogP) is 4.45. The molecule has 9 heteroatoms. The molecule has 2 heterocycles. The molecule has 1 aromatic heterocycles. The standard InChI is InChI=1S/C26H27N3O5S/c1-16(2)14-29-15-22-20(26(29)31)10-11-21(25(30)28-23-12-5-17(3)13-27-23)24(22)34-18-6-8-19(9-7-18)35(4,32)33/h5-13,16H,14-15H2,1-4H3,(H,27,28,30). The van der Waals surface area contributed by atoms with E-state index in [2.05, 4.69) is 10.3 Å². The van der Waals surface area contributed by atoms with Crippen LogP contribution in [-0.4, -0.2) is 42.9 Å². The number of aromatic nitrogens is 1. The monoisotopic (exact) mass is 493 g/mol. The van der Waals surface area contributed by atoms with Gasteiger partial charge in [-0.3, -0.25) is 9.59 Å². The molecule has 0 atom stereocenters. The van der Waals surface area contributed by atoms with Crippen LogP contribution in [0, 0.1) is 12.8 Å². The highest BCUT2D eigenvalue weighted by molar-refractivity contribution is 7.90. The van der Waals surface area contributed by atoms with Gasteiger partial charge in [-0.25, -0.2) is 13.4 Å². The number of pyridine rings is 1. The molecule has 2 amide bonds. The molecule has 0 fully saturated rings. The maximum atomic E-state index is 13.2. The molecule has 1 aliphatic rings. The Balaban J connectivity index is 1.73. The highest BCUT2D eigenvalue weighted by Crippen LogP contribution is 2.37. The van der Waals surface area contributed by atoms with Gasteiger partial charge in [0.1, 0.15) is 17.3 Å². The number of nitrogens with zero attached hydrogens (tertiary/aromatic N) is 2. The molecular formula is C26H27N3O5S. The SMILES string of the molecule is Cc1ccc(NC(=O)c2ccc3c(c2Oc2ccc(S(C)(=O)=O)cc2)CN(CC(C)C)C3=O)nc1. The summed E-state index contributed by atoms with van der Waals surface area (Å²) < 4.78 is 29.8. The van der Waals surface area contributed by atoms with E-state index in [4.69, 9.17) is 4.74 Å². The van der Waals surface area contributed by atoms with E-state index >= 15 is 0 Å². The quantitative estimate of drug-likeness (QED) is 0.521. The summed E-state index contributed by atoms with van der Waals surface area (Å²) in [5, 5.41) is 2.78. The summed E-state index contributed by atoms with van der Waals surface area (Å²) in [6.45, 7) is 6.85. The fourth-order valence-electron chi connectivity index (χ4n) is 3.90. The number of ether oxygens (including phenoxy) is 1. The normalized spacial score (nSPS) is 13.2. The highest BCUT2D eigenvalue weighted by Gasteiger charge is 2.33. The van der Waals surface area contributed by atoms with E-state index in [0.717, 1.165) is 11.8 Å². The number of sulfone groups is 1. The van der Waals surface area contributed by atoms with Crippen molar-refractivity contribution in [2.24, 2.45) is 5.92 Å². The first-order chi connectivity index (χ1) is 16.5. The zero-order chi connectivity index (χ0) is 25.3. The summed E-state index contributed by atoms with van der Waals surface area (Å²) in [5.41, 5.74) is 2.31. The van der Waals surface area contributed by atoms with Crippen molar-refractivity contribution in [2.45, 2.75) is 32.2 Å². The van der Waals surface area contributed by atoms with Crippen molar-refractivity contribution in [3.63, 3.8) is 0 Å². The molecule has 0 radical (unpaired) electrons. The molecule has 182 valence electrons. The van der Waals surface area contributed by atoms with Crippen LogP contribution in [0.1, 0.15) is 45.7 Å². The molecular weight excluding hydrogens is 466 g/mol. The summed E-state index contributed by atoms with van der Waals surface area (Å²) >= 11 is 0. The largest absolute Gasteiger partial charge is 0.456 e. The van der Waals surface area contributed by atoms with Gasteiger partial charge in [0.15, 0.2) is 9.84 Å². The lowest BCUT2D eigenvalue weighted by Gasteiger charge is -2.18. The third kappa shape index (κ3) is 5.35. The Morgan fingerprint density at radius 1 is 1.11 bits per heavy atom. The fourth-order valence-corrected chi connectivity index (χ4v) is 4.53. The third-order valence-corrected chi connectivity index (χ3v) is 6.71. The molecule has 35 heavy (non-hydrogen) atoms. The predicted molar refractivity (Wildman–Crippen MR) is 133 cm³/mol. The molecule has 0 bridgehead atoms. The Morgan fingerprint density at radius 3 is 2.43 bits per heavy atom. The van der Waals surface area contributed by atoms with E-state index in [1.165, 1.54) is 24.3 Å². The van der Waals surface area contributed by atoms with Crippen molar-refractivity contribution in [3.8, 4) is 11.5 Å². The number of rotatable bonds is 7. The zero-order valence-electron chi connectivity index (χ0n) is 20.0. The van der Waals surface area contributed by atoms with Crippen LogP contribution in [0.15, 0.2) is 59.6 Å². The number of nitrogens with one attached hydrogen (secondary N) is 1. The van der Waals surface area contributed by atoms with Gasteiger partial charge in [0.05, 0.1) is 17.0 Å². The minimum Gasteiger partial charge on any atom is -0.456 e. The van der Waals surface area contributed by atoms with E-state index in [1.54, 1.807) is 29.3 Å². The molecule has 2 aromatic carbocycles. The van der Waals surface area contributed by atoms with E-state index in [1.807, 2.05) is 26.8 Å². The number of carbonyl (C=O) groups excluding carboxylic acids is 2. The van der Waals surface area contributed by atoms with Crippen LogP contribution < -0.4 is 10.1 Å². The average molecular weight is 494 g/mol. The first kappa shape index (κ1) is 24.4. The Bertz CT molecular complexity index is 1380. The van der Waals surface area contributed by atoms with Crippen LogP contribution in [0.2, 0.25) is 0 Å². The van der Waals surface area contributed by atoms with Crippen molar-refractivity contribution < 1.29 is 22.7 Å². The molecule has 4 rings (SSSR count). The minimum atomic E-state index is -3.37. The average Bonchev–Trinajstić information content (AvgIpc) is 3.10. The summed E-state index contributed by atoms with van der Waals surface area (Å²) in [4.78, 5) is 32.3. The van der Waals surface area contributed by atoms with E-state index < -0.39 is 15.7 Å². The van der Waals surface area contributed by atoms with E-state index in [-0.39, 0.29) is 28.0 Å². The Kier molecular flexibility index (Phi) is 6.62. The summed E-state index contributed by atoms with van der Waals surface area (Å²) in [6, 6.07) is 12.7. The van der Waals surface area contributed by atoms with Crippen LogP contribution in [0.3, 0.4) is 0 Å². The number of amides is 2. The molecule has 0 saturated heterocycles. The van der Waals surface area contributed by atoms with Crippen molar-refractivity contribution in [3.05, 3.63) is 77.0 Å².